The first-order chi connectivity index (χ1) is 15.6. The Morgan fingerprint density at radius 3 is 1.94 bits per heavy atom. The molecule has 0 spiro atoms. The molecule has 2 aliphatic rings. The van der Waals surface area contributed by atoms with Crippen LogP contribution in [0.5, 0.6) is 0 Å². The molecule has 0 amide bonds. The predicted molar refractivity (Wildman–Crippen MR) is 135 cm³/mol. The fraction of sp³-hybridized carbons (Fsp3) is 0.966. The predicted octanol–water partition coefficient (Wildman–Crippen LogP) is 8.93. The summed E-state index contributed by atoms with van der Waals surface area (Å²) in [6.45, 7) is 4.59. The summed E-state index contributed by atoms with van der Waals surface area (Å²) in [6.07, 6.45) is 27.8. The molecular weight excluding hydrogens is 396 g/mol. The Morgan fingerprint density at radius 2 is 1.34 bits per heavy atom. The van der Waals surface area contributed by atoms with Crippen LogP contribution < -0.4 is 0 Å². The zero-order valence-corrected chi connectivity index (χ0v) is 21.5. The number of hydrogen-bond acceptors (Lipinski definition) is 2. The van der Waals surface area contributed by atoms with Crippen molar-refractivity contribution in [2.24, 2.45) is 17.8 Å². The number of ether oxygens (including phenoxy) is 1. The minimum absolute atomic E-state index is 0.330. The zero-order chi connectivity index (χ0) is 23.0. The fourth-order valence-electron chi connectivity index (χ4n) is 6.32. The molecule has 1 atom stereocenters. The summed E-state index contributed by atoms with van der Waals surface area (Å²) in [5.74, 6) is 2.38. The Hall–Kier alpha value is -0.570. The van der Waals surface area contributed by atoms with Gasteiger partial charge in [-0.2, -0.15) is 0 Å². The highest BCUT2D eigenvalue weighted by molar-refractivity contribution is 5.66. The second-order valence-electron chi connectivity index (χ2n) is 11.2. The van der Waals surface area contributed by atoms with Gasteiger partial charge in [0.05, 0.1) is 12.2 Å². The van der Waals surface area contributed by atoms with Crippen molar-refractivity contribution in [1.82, 2.24) is 0 Å². The van der Waals surface area contributed by atoms with Gasteiger partial charge in [-0.25, -0.2) is 0 Å². The fourth-order valence-corrected chi connectivity index (χ4v) is 6.32. The van der Waals surface area contributed by atoms with Crippen molar-refractivity contribution >= 4 is 5.97 Å². The summed E-state index contributed by atoms with van der Waals surface area (Å²) in [4.78, 5) is 10.5. The van der Waals surface area contributed by atoms with Crippen LogP contribution in [-0.2, 0) is 9.53 Å². The van der Waals surface area contributed by atoms with E-state index in [0.717, 1.165) is 30.6 Å². The van der Waals surface area contributed by atoms with E-state index < -0.39 is 5.97 Å². The second kappa shape index (κ2) is 17.0. The van der Waals surface area contributed by atoms with Crippen molar-refractivity contribution in [3.63, 3.8) is 0 Å². The molecule has 32 heavy (non-hydrogen) atoms. The van der Waals surface area contributed by atoms with Crippen molar-refractivity contribution in [3.05, 3.63) is 0 Å². The smallest absolute Gasteiger partial charge is 0.303 e. The molecule has 2 aliphatic carbocycles. The van der Waals surface area contributed by atoms with Crippen LogP contribution in [0.4, 0.5) is 0 Å². The highest BCUT2D eigenvalue weighted by atomic mass is 16.5. The molecule has 188 valence electrons. The molecule has 0 bridgehead atoms. The number of aliphatic carboxylic acids is 1. The van der Waals surface area contributed by atoms with Crippen LogP contribution in [0.25, 0.3) is 0 Å². The molecule has 0 aromatic carbocycles. The molecule has 3 heteroatoms. The molecule has 1 unspecified atom stereocenters. The lowest BCUT2D eigenvalue weighted by Gasteiger charge is -2.38. The molecule has 3 nitrogen and oxygen atoms in total. The van der Waals surface area contributed by atoms with E-state index in [-0.39, 0.29) is 0 Å². The highest BCUT2D eigenvalue weighted by Crippen LogP contribution is 2.41. The van der Waals surface area contributed by atoms with Crippen molar-refractivity contribution in [2.45, 2.75) is 161 Å². The average Bonchev–Trinajstić information content (AvgIpc) is 2.79. The molecule has 2 rings (SSSR count). The van der Waals surface area contributed by atoms with Gasteiger partial charge in [0, 0.05) is 6.42 Å². The molecule has 0 aromatic rings. The Bertz CT molecular complexity index is 461. The van der Waals surface area contributed by atoms with Gasteiger partial charge in [-0.1, -0.05) is 84.0 Å². The molecule has 1 N–H and O–H groups in total. The lowest BCUT2D eigenvalue weighted by atomic mass is 9.70. The first-order valence-corrected chi connectivity index (χ1v) is 14.5. The minimum atomic E-state index is -0.659. The van der Waals surface area contributed by atoms with Gasteiger partial charge in [-0.3, -0.25) is 4.79 Å². The Labute approximate surface area is 199 Å². The maximum absolute atomic E-state index is 10.5. The molecule has 0 saturated heterocycles. The SMILES string of the molecule is CCCCCC1CCC(C2CCC(OC(C)CCCCCCCCCC(=O)O)CC2)CC1. The largest absolute Gasteiger partial charge is 0.481 e. The lowest BCUT2D eigenvalue weighted by molar-refractivity contribution is -0.137. The lowest BCUT2D eigenvalue weighted by Crippen LogP contribution is -2.30. The van der Waals surface area contributed by atoms with Crippen molar-refractivity contribution < 1.29 is 14.6 Å². The van der Waals surface area contributed by atoms with Gasteiger partial charge < -0.3 is 9.84 Å². The monoisotopic (exact) mass is 450 g/mol. The van der Waals surface area contributed by atoms with E-state index in [1.165, 1.54) is 116 Å². The van der Waals surface area contributed by atoms with Crippen molar-refractivity contribution in [1.29, 1.82) is 0 Å². The molecule has 2 fully saturated rings. The molecule has 0 aromatic heterocycles. The molecule has 0 heterocycles. The molecule has 0 radical (unpaired) electrons. The van der Waals surface area contributed by atoms with Crippen LogP contribution >= 0.6 is 0 Å². The summed E-state index contributed by atoms with van der Waals surface area (Å²) in [7, 11) is 0. The summed E-state index contributed by atoms with van der Waals surface area (Å²) in [6, 6.07) is 0. The van der Waals surface area contributed by atoms with Gasteiger partial charge in [0.25, 0.3) is 0 Å². The number of rotatable bonds is 17. The van der Waals surface area contributed by atoms with Crippen LogP contribution in [0.3, 0.4) is 0 Å². The third-order valence-electron chi connectivity index (χ3n) is 8.42. The number of carbonyl (C=O) groups is 1. The normalized spacial score (nSPS) is 27.3. The Balaban J connectivity index is 1.45. The summed E-state index contributed by atoms with van der Waals surface area (Å²) < 4.78 is 6.43. The summed E-state index contributed by atoms with van der Waals surface area (Å²) in [5, 5.41) is 8.66. The first-order valence-electron chi connectivity index (χ1n) is 14.5. The van der Waals surface area contributed by atoms with Crippen molar-refractivity contribution in [2.75, 3.05) is 0 Å². The number of unbranched alkanes of at least 4 members (excludes halogenated alkanes) is 8. The Kier molecular flexibility index (Phi) is 14.7. The third kappa shape index (κ3) is 12.1. The van der Waals surface area contributed by atoms with E-state index in [4.69, 9.17) is 9.84 Å². The zero-order valence-electron chi connectivity index (χ0n) is 21.5. The van der Waals surface area contributed by atoms with Crippen LogP contribution in [0, 0.1) is 17.8 Å². The van der Waals surface area contributed by atoms with Gasteiger partial charge >= 0.3 is 5.97 Å². The molecule has 2 saturated carbocycles. The minimum Gasteiger partial charge on any atom is -0.481 e. The van der Waals surface area contributed by atoms with Crippen LogP contribution in [0.15, 0.2) is 0 Å². The van der Waals surface area contributed by atoms with E-state index in [1.54, 1.807) is 0 Å². The van der Waals surface area contributed by atoms with Crippen LogP contribution in [-0.4, -0.2) is 23.3 Å². The highest BCUT2D eigenvalue weighted by Gasteiger charge is 2.31. The molecular formula is C29H54O3. The first kappa shape index (κ1) is 27.7. The van der Waals surface area contributed by atoms with E-state index >= 15 is 0 Å². The van der Waals surface area contributed by atoms with Gasteiger partial charge in [-0.05, 0) is 76.0 Å². The van der Waals surface area contributed by atoms with Gasteiger partial charge in [0.15, 0.2) is 0 Å². The van der Waals surface area contributed by atoms with E-state index in [0.29, 0.717) is 18.6 Å². The van der Waals surface area contributed by atoms with Gasteiger partial charge in [-0.15, -0.1) is 0 Å². The number of hydrogen-bond donors (Lipinski definition) is 1. The van der Waals surface area contributed by atoms with Crippen LogP contribution in [0.1, 0.15) is 149 Å². The van der Waals surface area contributed by atoms with E-state index in [9.17, 15) is 4.79 Å². The Morgan fingerprint density at radius 1 is 0.781 bits per heavy atom. The number of carboxylic acid groups (broad SMARTS) is 1. The summed E-state index contributed by atoms with van der Waals surface area (Å²) >= 11 is 0. The molecule has 0 aliphatic heterocycles. The van der Waals surface area contributed by atoms with Gasteiger partial charge in [0.2, 0.25) is 0 Å². The standard InChI is InChI=1S/C29H54O3/c1-3-4-10-14-25-16-18-26(19-17-25)27-20-22-28(23-21-27)32-24(2)13-11-8-6-5-7-9-12-15-29(30)31/h24-28H,3-23H2,1-2H3,(H,30,31). The summed E-state index contributed by atoms with van der Waals surface area (Å²) in [5.41, 5.74) is 0. The quantitative estimate of drug-likeness (QED) is 0.225. The maximum atomic E-state index is 10.5. The van der Waals surface area contributed by atoms with E-state index in [2.05, 4.69) is 13.8 Å². The third-order valence-corrected chi connectivity index (χ3v) is 8.42. The van der Waals surface area contributed by atoms with E-state index in [1.807, 2.05) is 0 Å². The number of carboxylic acids is 1. The van der Waals surface area contributed by atoms with Crippen molar-refractivity contribution in [3.8, 4) is 0 Å². The average molecular weight is 451 g/mol. The van der Waals surface area contributed by atoms with Gasteiger partial charge in [0.1, 0.15) is 0 Å². The maximum Gasteiger partial charge on any atom is 0.303 e. The topological polar surface area (TPSA) is 46.5 Å². The second-order valence-corrected chi connectivity index (χ2v) is 11.2. The van der Waals surface area contributed by atoms with Crippen LogP contribution in [0.2, 0.25) is 0 Å².